The molecule has 0 spiro atoms. The minimum absolute atomic E-state index is 0.0495. The fourth-order valence-electron chi connectivity index (χ4n) is 4.08. The molecule has 0 bridgehead atoms. The molecule has 2 aromatic carbocycles. The molecule has 10 heteroatoms. The summed E-state index contributed by atoms with van der Waals surface area (Å²) in [5, 5.41) is 0. The Hall–Kier alpha value is -3.30. The first kappa shape index (κ1) is 28.3. The normalized spacial score (nSPS) is 15.7. The maximum atomic E-state index is 13.9. The highest BCUT2D eigenvalue weighted by atomic mass is 19.4. The maximum absolute atomic E-state index is 13.9. The van der Waals surface area contributed by atoms with E-state index >= 15 is 0 Å². The SMILES string of the molecule is CC.CC(C)(C)OC(=O)N1CC(C(=O)N2CCc3ccc(Oc4ccc(C(F)(F)F)c(F)c4)cc3C2)C1. The van der Waals surface area contributed by atoms with Crippen molar-refractivity contribution in [3.05, 3.63) is 58.9 Å². The van der Waals surface area contributed by atoms with Crippen molar-refractivity contribution in [1.29, 1.82) is 0 Å². The Bertz CT molecular complexity index is 1140. The molecule has 0 radical (unpaired) electrons. The minimum atomic E-state index is -4.78. The predicted octanol–water partition coefficient (Wildman–Crippen LogP) is 6.41. The van der Waals surface area contributed by atoms with Crippen molar-refractivity contribution in [2.24, 2.45) is 5.92 Å². The van der Waals surface area contributed by atoms with Gasteiger partial charge in [-0.15, -0.1) is 0 Å². The smallest absolute Gasteiger partial charge is 0.419 e. The summed E-state index contributed by atoms with van der Waals surface area (Å²) in [7, 11) is 0. The number of alkyl halides is 3. The second-order valence-corrected chi connectivity index (χ2v) is 9.76. The Morgan fingerprint density at radius 2 is 1.54 bits per heavy atom. The van der Waals surface area contributed by atoms with Crippen LogP contribution < -0.4 is 4.74 Å². The standard InChI is InChI=1S/C25H26F4N2O4.C2H6/c1-24(2,3)35-23(33)31-13-17(14-31)22(32)30-9-8-15-4-5-18(10-16(15)12-30)34-19-6-7-20(21(26)11-19)25(27,28)29;1-2/h4-7,10-11,17H,8-9,12-14H2,1-3H3;1-2H3. The number of likely N-dealkylation sites (tertiary alicyclic amines) is 1. The number of nitrogens with zero attached hydrogens (tertiary/aromatic N) is 2. The van der Waals surface area contributed by atoms with E-state index in [2.05, 4.69) is 0 Å². The van der Waals surface area contributed by atoms with Crippen molar-refractivity contribution < 1.29 is 36.6 Å². The van der Waals surface area contributed by atoms with Crippen molar-refractivity contribution in [1.82, 2.24) is 9.80 Å². The number of carbonyl (C=O) groups excluding carboxylic acids is 2. The van der Waals surface area contributed by atoms with Crippen LogP contribution in [0.1, 0.15) is 51.3 Å². The van der Waals surface area contributed by atoms with Gasteiger partial charge in [-0.2, -0.15) is 13.2 Å². The molecule has 2 heterocycles. The molecule has 0 saturated carbocycles. The van der Waals surface area contributed by atoms with Gasteiger partial charge in [0.15, 0.2) is 0 Å². The van der Waals surface area contributed by atoms with Gasteiger partial charge in [0, 0.05) is 32.2 Å². The van der Waals surface area contributed by atoms with Crippen LogP contribution in [-0.4, -0.2) is 47.0 Å². The molecule has 2 aromatic rings. The van der Waals surface area contributed by atoms with Crippen molar-refractivity contribution >= 4 is 12.0 Å². The third kappa shape index (κ3) is 6.93. The molecule has 37 heavy (non-hydrogen) atoms. The second-order valence-electron chi connectivity index (χ2n) is 9.76. The van der Waals surface area contributed by atoms with Gasteiger partial charge >= 0.3 is 12.3 Å². The summed E-state index contributed by atoms with van der Waals surface area (Å²) >= 11 is 0. The van der Waals surface area contributed by atoms with Gasteiger partial charge in [0.05, 0.1) is 11.5 Å². The Kier molecular flexibility index (Phi) is 8.39. The summed E-state index contributed by atoms with van der Waals surface area (Å²) in [6, 6.07) is 7.61. The van der Waals surface area contributed by atoms with E-state index in [0.29, 0.717) is 50.5 Å². The molecule has 4 rings (SSSR count). The number of benzene rings is 2. The molecule has 0 atom stereocenters. The van der Waals surface area contributed by atoms with Crippen LogP contribution in [0.4, 0.5) is 22.4 Å². The molecule has 2 aliphatic rings. The molecule has 6 nitrogen and oxygen atoms in total. The lowest BCUT2D eigenvalue weighted by atomic mass is 9.95. The molecular weight excluding hydrogens is 492 g/mol. The van der Waals surface area contributed by atoms with E-state index in [4.69, 9.17) is 9.47 Å². The van der Waals surface area contributed by atoms with Crippen LogP contribution in [0, 0.1) is 11.7 Å². The third-order valence-corrected chi connectivity index (χ3v) is 5.87. The fourth-order valence-corrected chi connectivity index (χ4v) is 4.08. The van der Waals surface area contributed by atoms with Gasteiger partial charge in [0.1, 0.15) is 22.9 Å². The molecule has 1 saturated heterocycles. The summed E-state index contributed by atoms with van der Waals surface area (Å²) in [5.74, 6) is -1.48. The summed E-state index contributed by atoms with van der Waals surface area (Å²) in [4.78, 5) is 28.3. The van der Waals surface area contributed by atoms with Crippen LogP contribution in [-0.2, 0) is 28.7 Å². The molecule has 2 amide bonds. The summed E-state index contributed by atoms with van der Waals surface area (Å²) in [6.45, 7) is 10.8. The number of halogens is 4. The van der Waals surface area contributed by atoms with Crippen LogP contribution in [0.5, 0.6) is 11.5 Å². The van der Waals surface area contributed by atoms with Gasteiger partial charge < -0.3 is 19.3 Å². The molecule has 0 aliphatic carbocycles. The van der Waals surface area contributed by atoms with E-state index in [-0.39, 0.29) is 17.6 Å². The predicted molar refractivity (Wildman–Crippen MR) is 130 cm³/mol. The quantitative estimate of drug-likeness (QED) is 0.435. The Morgan fingerprint density at radius 1 is 0.919 bits per heavy atom. The zero-order chi connectivity index (χ0) is 27.5. The first-order valence-corrected chi connectivity index (χ1v) is 12.2. The van der Waals surface area contributed by atoms with E-state index in [1.165, 1.54) is 4.90 Å². The average molecular weight is 525 g/mol. The highest BCUT2D eigenvalue weighted by Gasteiger charge is 2.40. The van der Waals surface area contributed by atoms with Gasteiger partial charge in [-0.25, -0.2) is 9.18 Å². The summed E-state index contributed by atoms with van der Waals surface area (Å²) in [5.41, 5.74) is -0.0817. The van der Waals surface area contributed by atoms with E-state index in [1.54, 1.807) is 37.8 Å². The van der Waals surface area contributed by atoms with E-state index < -0.39 is 29.3 Å². The highest BCUT2D eigenvalue weighted by molar-refractivity contribution is 5.83. The number of fused-ring (bicyclic) bond motifs is 1. The number of hydrogen-bond donors (Lipinski definition) is 0. The topological polar surface area (TPSA) is 59.1 Å². The molecular formula is C27H32F4N2O4. The van der Waals surface area contributed by atoms with Gasteiger partial charge in [0.2, 0.25) is 5.91 Å². The fraction of sp³-hybridized carbons (Fsp3) is 0.481. The lowest BCUT2D eigenvalue weighted by molar-refractivity contribution is -0.141. The van der Waals surface area contributed by atoms with Gasteiger partial charge in [-0.3, -0.25) is 4.79 Å². The molecule has 202 valence electrons. The summed E-state index contributed by atoms with van der Waals surface area (Å²) in [6.07, 6.45) is -4.58. The van der Waals surface area contributed by atoms with E-state index in [9.17, 15) is 27.2 Å². The number of rotatable bonds is 3. The van der Waals surface area contributed by atoms with Crippen LogP contribution in [0.15, 0.2) is 36.4 Å². The van der Waals surface area contributed by atoms with Crippen LogP contribution >= 0.6 is 0 Å². The van der Waals surface area contributed by atoms with Gasteiger partial charge in [-0.1, -0.05) is 19.9 Å². The molecule has 0 unspecified atom stereocenters. The molecule has 0 N–H and O–H groups in total. The molecule has 2 aliphatic heterocycles. The zero-order valence-corrected chi connectivity index (χ0v) is 21.6. The number of hydrogen-bond acceptors (Lipinski definition) is 4. The summed E-state index contributed by atoms with van der Waals surface area (Å²) < 4.78 is 63.1. The van der Waals surface area contributed by atoms with Crippen molar-refractivity contribution in [2.75, 3.05) is 19.6 Å². The zero-order valence-electron chi connectivity index (χ0n) is 21.6. The second kappa shape index (κ2) is 11.0. The van der Waals surface area contributed by atoms with Crippen LogP contribution in [0.2, 0.25) is 0 Å². The van der Waals surface area contributed by atoms with E-state index in [1.807, 2.05) is 19.9 Å². The Morgan fingerprint density at radius 3 is 2.14 bits per heavy atom. The minimum Gasteiger partial charge on any atom is -0.457 e. The largest absolute Gasteiger partial charge is 0.457 e. The molecule has 0 aromatic heterocycles. The monoisotopic (exact) mass is 524 g/mol. The third-order valence-electron chi connectivity index (χ3n) is 5.87. The maximum Gasteiger partial charge on any atom is 0.419 e. The number of amides is 2. The van der Waals surface area contributed by atoms with Crippen LogP contribution in [0.25, 0.3) is 0 Å². The van der Waals surface area contributed by atoms with Gasteiger partial charge in [-0.05, 0) is 62.6 Å². The first-order valence-electron chi connectivity index (χ1n) is 12.2. The van der Waals surface area contributed by atoms with E-state index in [0.717, 1.165) is 17.2 Å². The number of carbonyl (C=O) groups is 2. The van der Waals surface area contributed by atoms with Gasteiger partial charge in [0.25, 0.3) is 0 Å². The first-order chi connectivity index (χ1) is 17.3. The molecule has 1 fully saturated rings. The number of ether oxygens (including phenoxy) is 2. The Balaban J connectivity index is 0.00000186. The van der Waals surface area contributed by atoms with Crippen LogP contribution in [0.3, 0.4) is 0 Å². The highest BCUT2D eigenvalue weighted by Crippen LogP contribution is 2.35. The Labute approximate surface area is 214 Å². The van der Waals surface area contributed by atoms with Crippen molar-refractivity contribution in [3.8, 4) is 11.5 Å². The lowest BCUT2D eigenvalue weighted by Crippen LogP contribution is -2.57. The average Bonchev–Trinajstić information content (AvgIpc) is 2.77. The lowest BCUT2D eigenvalue weighted by Gasteiger charge is -2.41. The van der Waals surface area contributed by atoms with Crippen molar-refractivity contribution in [2.45, 2.75) is 59.4 Å². The van der Waals surface area contributed by atoms with Crippen molar-refractivity contribution in [3.63, 3.8) is 0 Å².